The first-order valence-corrected chi connectivity index (χ1v) is 4.13. The number of nitrogens with zero attached hydrogens (tertiary/aromatic N) is 1. The van der Waals surface area contributed by atoms with E-state index in [2.05, 4.69) is 22.1 Å². The first kappa shape index (κ1) is 8.31. The second kappa shape index (κ2) is 4.94. The molecule has 11 heavy (non-hydrogen) atoms. The molecule has 0 unspecified atom stereocenters. The zero-order chi connectivity index (χ0) is 7.94. The summed E-state index contributed by atoms with van der Waals surface area (Å²) in [6.45, 7) is 0. The monoisotopic (exact) mass is 153 g/mol. The van der Waals surface area contributed by atoms with Crippen LogP contribution in [0.3, 0.4) is 0 Å². The van der Waals surface area contributed by atoms with Crippen LogP contribution in [0, 0.1) is 5.92 Å². The van der Waals surface area contributed by atoms with E-state index in [1.54, 1.807) is 13.3 Å². The third-order valence-electron chi connectivity index (χ3n) is 1.75. The highest BCUT2D eigenvalue weighted by Gasteiger charge is 2.18. The van der Waals surface area contributed by atoms with Gasteiger partial charge < -0.3 is 4.84 Å². The van der Waals surface area contributed by atoms with E-state index in [0.29, 0.717) is 0 Å². The summed E-state index contributed by atoms with van der Waals surface area (Å²) in [5.74, 6) is 0.991. The Kier molecular flexibility index (Phi) is 3.73. The molecule has 2 nitrogen and oxygen atoms in total. The van der Waals surface area contributed by atoms with Crippen molar-refractivity contribution in [1.82, 2.24) is 0 Å². The highest BCUT2D eigenvalue weighted by Crippen LogP contribution is 2.32. The second-order valence-electron chi connectivity index (χ2n) is 2.86. The van der Waals surface area contributed by atoms with Crippen LogP contribution in [0.5, 0.6) is 0 Å². The molecule has 62 valence electrons. The third kappa shape index (κ3) is 4.59. The number of oxime groups is 1. The van der Waals surface area contributed by atoms with Crippen molar-refractivity contribution in [3.63, 3.8) is 0 Å². The van der Waals surface area contributed by atoms with Crippen molar-refractivity contribution in [2.24, 2.45) is 11.1 Å². The van der Waals surface area contributed by atoms with Crippen molar-refractivity contribution < 1.29 is 4.84 Å². The first-order chi connectivity index (χ1) is 5.43. The SMILES string of the molecule is CON=CCC=CCC1CC1. The molecule has 0 saturated heterocycles. The largest absolute Gasteiger partial charge is 0.399 e. The lowest BCUT2D eigenvalue weighted by Crippen LogP contribution is -1.73. The molecule has 0 aliphatic heterocycles. The fourth-order valence-corrected chi connectivity index (χ4v) is 0.917. The van der Waals surface area contributed by atoms with E-state index in [1.807, 2.05) is 0 Å². The van der Waals surface area contributed by atoms with Crippen LogP contribution in [0.1, 0.15) is 25.7 Å². The molecule has 1 aliphatic rings. The van der Waals surface area contributed by atoms with Gasteiger partial charge in [0.05, 0.1) is 0 Å². The molecule has 2 heteroatoms. The van der Waals surface area contributed by atoms with Gasteiger partial charge in [0, 0.05) is 12.6 Å². The lowest BCUT2D eigenvalue weighted by atomic mass is 10.2. The summed E-state index contributed by atoms with van der Waals surface area (Å²) in [7, 11) is 1.56. The van der Waals surface area contributed by atoms with E-state index < -0.39 is 0 Å². The predicted octanol–water partition coefficient (Wildman–Crippen LogP) is 2.37. The van der Waals surface area contributed by atoms with E-state index >= 15 is 0 Å². The van der Waals surface area contributed by atoms with Crippen molar-refractivity contribution in [1.29, 1.82) is 0 Å². The zero-order valence-corrected chi connectivity index (χ0v) is 6.99. The van der Waals surface area contributed by atoms with Crippen LogP contribution in [-0.2, 0) is 4.84 Å². The van der Waals surface area contributed by atoms with Gasteiger partial charge in [-0.3, -0.25) is 0 Å². The van der Waals surface area contributed by atoms with Crippen LogP contribution in [0.25, 0.3) is 0 Å². The van der Waals surface area contributed by atoms with Gasteiger partial charge in [-0.1, -0.05) is 17.3 Å². The number of rotatable bonds is 5. The van der Waals surface area contributed by atoms with Crippen LogP contribution in [0.2, 0.25) is 0 Å². The highest BCUT2D eigenvalue weighted by atomic mass is 16.6. The van der Waals surface area contributed by atoms with Crippen molar-refractivity contribution in [2.75, 3.05) is 7.11 Å². The Hall–Kier alpha value is -0.790. The van der Waals surface area contributed by atoms with E-state index in [9.17, 15) is 0 Å². The Morgan fingerprint density at radius 2 is 2.27 bits per heavy atom. The van der Waals surface area contributed by atoms with E-state index in [0.717, 1.165) is 12.3 Å². The molecule has 1 rings (SSSR count). The molecule has 0 aromatic heterocycles. The van der Waals surface area contributed by atoms with Crippen LogP contribution in [-0.4, -0.2) is 13.3 Å². The van der Waals surface area contributed by atoms with E-state index in [-0.39, 0.29) is 0 Å². The maximum atomic E-state index is 4.52. The molecule has 0 aromatic carbocycles. The minimum atomic E-state index is 0.889. The van der Waals surface area contributed by atoms with Gasteiger partial charge in [-0.15, -0.1) is 0 Å². The molecule has 0 aromatic rings. The normalized spacial score (nSPS) is 18.3. The van der Waals surface area contributed by atoms with Crippen LogP contribution in [0.4, 0.5) is 0 Å². The molecule has 1 saturated carbocycles. The fraction of sp³-hybridized carbons (Fsp3) is 0.667. The molecule has 0 atom stereocenters. The summed E-state index contributed by atoms with van der Waals surface area (Å²) < 4.78 is 0. The van der Waals surface area contributed by atoms with Crippen molar-refractivity contribution >= 4 is 6.21 Å². The maximum Gasteiger partial charge on any atom is 0.106 e. The summed E-state index contributed by atoms with van der Waals surface area (Å²) in [5, 5.41) is 3.63. The topological polar surface area (TPSA) is 21.6 Å². The van der Waals surface area contributed by atoms with Crippen molar-refractivity contribution in [3.8, 4) is 0 Å². The molecule has 0 N–H and O–H groups in total. The average Bonchev–Trinajstić information content (AvgIpc) is 2.80. The molecule has 0 spiro atoms. The Morgan fingerprint density at radius 1 is 1.45 bits per heavy atom. The zero-order valence-electron chi connectivity index (χ0n) is 6.99. The molecule has 1 fully saturated rings. The Bertz CT molecular complexity index is 148. The van der Waals surface area contributed by atoms with Gasteiger partial charge in [0.1, 0.15) is 7.11 Å². The molecule has 0 radical (unpaired) electrons. The Balaban J connectivity index is 1.91. The molecular weight excluding hydrogens is 138 g/mol. The molecule has 1 aliphatic carbocycles. The smallest absolute Gasteiger partial charge is 0.106 e. The summed E-state index contributed by atoms with van der Waals surface area (Å²) in [6, 6.07) is 0. The van der Waals surface area contributed by atoms with Gasteiger partial charge >= 0.3 is 0 Å². The van der Waals surface area contributed by atoms with Gasteiger partial charge in [0.25, 0.3) is 0 Å². The Labute approximate surface area is 67.9 Å². The maximum absolute atomic E-state index is 4.52. The molecule has 0 bridgehead atoms. The molecular formula is C9H15NO. The van der Waals surface area contributed by atoms with Crippen molar-refractivity contribution in [2.45, 2.75) is 25.7 Å². The molecule has 0 heterocycles. The van der Waals surface area contributed by atoms with Gasteiger partial charge in [-0.2, -0.15) is 0 Å². The third-order valence-corrected chi connectivity index (χ3v) is 1.75. The minimum absolute atomic E-state index is 0.889. The summed E-state index contributed by atoms with van der Waals surface area (Å²) in [4.78, 5) is 4.52. The van der Waals surface area contributed by atoms with Crippen LogP contribution < -0.4 is 0 Å². The Morgan fingerprint density at radius 3 is 2.91 bits per heavy atom. The lowest BCUT2D eigenvalue weighted by Gasteiger charge is -1.85. The number of hydrogen-bond acceptors (Lipinski definition) is 2. The van der Waals surface area contributed by atoms with E-state index in [1.165, 1.54) is 19.3 Å². The second-order valence-corrected chi connectivity index (χ2v) is 2.86. The van der Waals surface area contributed by atoms with Gasteiger partial charge in [0.15, 0.2) is 0 Å². The van der Waals surface area contributed by atoms with Gasteiger partial charge in [0.2, 0.25) is 0 Å². The van der Waals surface area contributed by atoms with Crippen molar-refractivity contribution in [3.05, 3.63) is 12.2 Å². The summed E-state index contributed by atoms with van der Waals surface area (Å²) in [5.41, 5.74) is 0. The quantitative estimate of drug-likeness (QED) is 0.337. The predicted molar refractivity (Wildman–Crippen MR) is 46.6 cm³/mol. The average molecular weight is 153 g/mol. The fourth-order valence-electron chi connectivity index (χ4n) is 0.917. The standard InChI is InChI=1S/C9H15NO/c1-11-10-8-4-2-3-5-9-6-7-9/h2-3,8-9H,4-7H2,1H3. The minimum Gasteiger partial charge on any atom is -0.399 e. The summed E-state index contributed by atoms with van der Waals surface area (Å²) in [6.07, 6.45) is 11.1. The van der Waals surface area contributed by atoms with Gasteiger partial charge in [-0.25, -0.2) is 0 Å². The van der Waals surface area contributed by atoms with E-state index in [4.69, 9.17) is 0 Å². The van der Waals surface area contributed by atoms with Crippen LogP contribution >= 0.6 is 0 Å². The molecule has 0 amide bonds. The highest BCUT2D eigenvalue weighted by molar-refractivity contribution is 5.58. The van der Waals surface area contributed by atoms with Crippen LogP contribution in [0.15, 0.2) is 17.3 Å². The van der Waals surface area contributed by atoms with Gasteiger partial charge in [-0.05, 0) is 25.2 Å². The number of hydrogen-bond donors (Lipinski definition) is 0. The lowest BCUT2D eigenvalue weighted by molar-refractivity contribution is 0.215. The summed E-state index contributed by atoms with van der Waals surface area (Å²) >= 11 is 0. The first-order valence-electron chi connectivity index (χ1n) is 4.13. The number of allylic oxidation sites excluding steroid dienone is 2.